The van der Waals surface area contributed by atoms with E-state index in [9.17, 15) is 10.2 Å². The number of ether oxygens (including phenoxy) is 1. The fourth-order valence-electron chi connectivity index (χ4n) is 4.16. The smallest absolute Gasteiger partial charge is 0.164 e. The van der Waals surface area contributed by atoms with Crippen molar-refractivity contribution < 1.29 is 14.9 Å². The molecule has 0 saturated carbocycles. The molecule has 3 aromatic rings. The number of nitrogens with zero attached hydrogens (tertiary/aromatic N) is 4. The fraction of sp³-hybridized carbons (Fsp3) is 0.250. The van der Waals surface area contributed by atoms with Crippen molar-refractivity contribution >= 4 is 17.8 Å². The van der Waals surface area contributed by atoms with Crippen molar-refractivity contribution in [1.29, 1.82) is 5.26 Å². The summed E-state index contributed by atoms with van der Waals surface area (Å²) >= 11 is 0. The third kappa shape index (κ3) is 3.52. The van der Waals surface area contributed by atoms with Crippen molar-refractivity contribution in [1.82, 2.24) is 9.58 Å². The van der Waals surface area contributed by atoms with Gasteiger partial charge in [-0.15, -0.1) is 0 Å². The highest BCUT2D eigenvalue weighted by Gasteiger charge is 2.42. The third-order valence-electron chi connectivity index (χ3n) is 5.88. The molecule has 2 aromatic carbocycles. The van der Waals surface area contributed by atoms with E-state index in [1.807, 2.05) is 58.2 Å². The standard InChI is InChI=1S/C24H23N5O3/c1-15-21(30)22(31)24(32-15)29-13-19(17-5-3-2-4-6-17)20-12-28(14-26-23(20)29)27-18-9-7-16(11-25)8-10-18/h2-10,13-15,21-22,24,27,30-31H,12H2,1H3/t15-,21-,22-,24-/m1/s1. The first-order chi connectivity index (χ1) is 15.5. The topological polar surface area (TPSA) is 106 Å². The Labute approximate surface area is 185 Å². The highest BCUT2D eigenvalue weighted by atomic mass is 16.6. The SMILES string of the molecule is C[C@H]1O[C@@H](n2cc(-c3ccccc3)c3c2N=CN(Nc2ccc(C#N)cc2)C3)[C@H](O)[C@@H]1O. The monoisotopic (exact) mass is 429 g/mol. The fourth-order valence-corrected chi connectivity index (χ4v) is 4.16. The Bertz CT molecular complexity index is 1180. The first kappa shape index (κ1) is 20.3. The molecular weight excluding hydrogens is 406 g/mol. The summed E-state index contributed by atoms with van der Waals surface area (Å²) in [5, 5.41) is 31.6. The predicted octanol–water partition coefficient (Wildman–Crippen LogP) is 3.17. The second-order valence-corrected chi connectivity index (χ2v) is 8.00. The van der Waals surface area contributed by atoms with Crippen LogP contribution in [0.25, 0.3) is 11.1 Å². The van der Waals surface area contributed by atoms with Gasteiger partial charge in [0.25, 0.3) is 0 Å². The zero-order chi connectivity index (χ0) is 22.2. The maximum absolute atomic E-state index is 10.6. The second-order valence-electron chi connectivity index (χ2n) is 8.00. The number of fused-ring (bicyclic) bond motifs is 1. The van der Waals surface area contributed by atoms with Crippen LogP contribution in [-0.4, -0.2) is 44.4 Å². The summed E-state index contributed by atoms with van der Waals surface area (Å²) in [6, 6.07) is 19.3. The molecule has 0 radical (unpaired) electrons. The van der Waals surface area contributed by atoms with Crippen LogP contribution in [0.2, 0.25) is 0 Å². The number of hydrazine groups is 1. The van der Waals surface area contributed by atoms with Crippen molar-refractivity contribution in [3.63, 3.8) is 0 Å². The van der Waals surface area contributed by atoms with Crippen LogP contribution in [-0.2, 0) is 11.3 Å². The van der Waals surface area contributed by atoms with E-state index in [2.05, 4.69) is 16.5 Å². The van der Waals surface area contributed by atoms with Crippen LogP contribution >= 0.6 is 0 Å². The molecule has 32 heavy (non-hydrogen) atoms. The number of aliphatic imine (C=N–C) groups is 1. The van der Waals surface area contributed by atoms with Crippen molar-refractivity contribution in [2.75, 3.05) is 5.43 Å². The van der Waals surface area contributed by atoms with Crippen LogP contribution in [0.4, 0.5) is 11.5 Å². The first-order valence-corrected chi connectivity index (χ1v) is 10.4. The molecule has 3 N–H and O–H groups in total. The summed E-state index contributed by atoms with van der Waals surface area (Å²) in [5.74, 6) is 0.687. The van der Waals surface area contributed by atoms with Gasteiger partial charge in [0, 0.05) is 17.3 Å². The van der Waals surface area contributed by atoms with Gasteiger partial charge in [-0.3, -0.25) is 10.4 Å². The minimum Gasteiger partial charge on any atom is -0.388 e. The first-order valence-electron chi connectivity index (χ1n) is 10.4. The number of hydrogen-bond acceptors (Lipinski definition) is 7. The summed E-state index contributed by atoms with van der Waals surface area (Å²) < 4.78 is 7.68. The number of benzene rings is 2. The van der Waals surface area contributed by atoms with E-state index in [1.165, 1.54) is 0 Å². The highest BCUT2D eigenvalue weighted by Crippen LogP contribution is 2.41. The van der Waals surface area contributed by atoms with E-state index in [4.69, 9.17) is 10.00 Å². The molecule has 0 unspecified atom stereocenters. The van der Waals surface area contributed by atoms with Gasteiger partial charge in [-0.05, 0) is 36.8 Å². The quantitative estimate of drug-likeness (QED) is 0.588. The van der Waals surface area contributed by atoms with Crippen molar-refractivity contribution in [3.8, 4) is 17.2 Å². The maximum Gasteiger partial charge on any atom is 0.164 e. The zero-order valence-corrected chi connectivity index (χ0v) is 17.5. The molecule has 0 aliphatic carbocycles. The maximum atomic E-state index is 10.6. The average Bonchev–Trinajstić information content (AvgIpc) is 3.32. The van der Waals surface area contributed by atoms with E-state index in [-0.39, 0.29) is 0 Å². The van der Waals surface area contributed by atoms with E-state index in [0.717, 1.165) is 22.4 Å². The number of aromatic nitrogens is 1. The Balaban J connectivity index is 1.50. The molecule has 2 aliphatic heterocycles. The van der Waals surface area contributed by atoms with Crippen LogP contribution in [0, 0.1) is 11.3 Å². The van der Waals surface area contributed by atoms with Crippen molar-refractivity contribution in [2.45, 2.75) is 38.0 Å². The lowest BCUT2D eigenvalue weighted by atomic mass is 10.0. The van der Waals surface area contributed by atoms with Gasteiger partial charge in [0.15, 0.2) is 6.23 Å². The minimum absolute atomic E-state index is 0.477. The summed E-state index contributed by atoms with van der Waals surface area (Å²) in [4.78, 5) is 4.66. The Morgan fingerprint density at radius 1 is 1.09 bits per heavy atom. The normalized spacial score (nSPS) is 24.2. The summed E-state index contributed by atoms with van der Waals surface area (Å²) in [6.07, 6.45) is 0.418. The average molecular weight is 429 g/mol. The van der Waals surface area contributed by atoms with E-state index in [1.54, 1.807) is 25.4 Å². The minimum atomic E-state index is -1.05. The summed E-state index contributed by atoms with van der Waals surface area (Å²) in [7, 11) is 0. The van der Waals surface area contributed by atoms with Gasteiger partial charge in [0.1, 0.15) is 24.4 Å². The second kappa shape index (κ2) is 8.13. The molecule has 2 aliphatic rings. The molecular formula is C24H23N5O3. The Hall–Kier alpha value is -3.64. The lowest BCUT2D eigenvalue weighted by molar-refractivity contribution is -0.0308. The molecule has 0 spiro atoms. The molecule has 1 fully saturated rings. The van der Waals surface area contributed by atoms with Crippen LogP contribution in [0.1, 0.15) is 24.3 Å². The van der Waals surface area contributed by atoms with Gasteiger partial charge in [0.05, 0.1) is 30.0 Å². The molecule has 8 nitrogen and oxygen atoms in total. The van der Waals surface area contributed by atoms with Gasteiger partial charge in [-0.25, -0.2) is 4.99 Å². The van der Waals surface area contributed by atoms with E-state index < -0.39 is 24.5 Å². The zero-order valence-electron chi connectivity index (χ0n) is 17.5. The van der Waals surface area contributed by atoms with Crippen LogP contribution < -0.4 is 5.43 Å². The summed E-state index contributed by atoms with van der Waals surface area (Å²) in [6.45, 7) is 2.27. The molecule has 1 saturated heterocycles. The van der Waals surface area contributed by atoms with Gasteiger partial charge >= 0.3 is 0 Å². The number of nitrogens with one attached hydrogen (secondary N) is 1. The predicted molar refractivity (Wildman–Crippen MR) is 120 cm³/mol. The third-order valence-corrected chi connectivity index (χ3v) is 5.88. The van der Waals surface area contributed by atoms with Crippen LogP contribution in [0.5, 0.6) is 0 Å². The lowest BCUT2D eigenvalue weighted by Crippen LogP contribution is -2.31. The lowest BCUT2D eigenvalue weighted by Gasteiger charge is -2.26. The van der Waals surface area contributed by atoms with E-state index >= 15 is 0 Å². The number of aliphatic hydroxyl groups is 2. The van der Waals surface area contributed by atoms with Gasteiger partial charge in [-0.1, -0.05) is 30.3 Å². The van der Waals surface area contributed by atoms with Gasteiger partial charge < -0.3 is 19.5 Å². The summed E-state index contributed by atoms with van der Waals surface area (Å²) in [5.41, 5.74) is 7.72. The molecule has 4 atom stereocenters. The number of nitriles is 1. The van der Waals surface area contributed by atoms with Crippen LogP contribution in [0.15, 0.2) is 65.8 Å². The molecule has 5 rings (SSSR count). The highest BCUT2D eigenvalue weighted by molar-refractivity contribution is 5.77. The van der Waals surface area contributed by atoms with Crippen LogP contribution in [0.3, 0.4) is 0 Å². The molecule has 162 valence electrons. The number of anilines is 1. The number of rotatable bonds is 4. The number of hydrogen-bond donors (Lipinski definition) is 3. The molecule has 1 aromatic heterocycles. The molecule has 3 heterocycles. The van der Waals surface area contributed by atoms with Gasteiger partial charge in [0.2, 0.25) is 0 Å². The number of aliphatic hydroxyl groups excluding tert-OH is 2. The van der Waals surface area contributed by atoms with Crippen molar-refractivity contribution in [3.05, 3.63) is 71.9 Å². The Kier molecular flexibility index (Phi) is 5.15. The largest absolute Gasteiger partial charge is 0.388 e. The van der Waals surface area contributed by atoms with E-state index in [0.29, 0.717) is 17.9 Å². The molecule has 0 bridgehead atoms. The molecule has 8 heteroatoms. The van der Waals surface area contributed by atoms with Gasteiger partial charge in [-0.2, -0.15) is 5.26 Å². The Morgan fingerprint density at radius 3 is 2.50 bits per heavy atom. The Morgan fingerprint density at radius 2 is 1.84 bits per heavy atom. The van der Waals surface area contributed by atoms with Crippen molar-refractivity contribution in [2.24, 2.45) is 4.99 Å². The molecule has 0 amide bonds.